The van der Waals surface area contributed by atoms with Crippen molar-refractivity contribution in [2.75, 3.05) is 0 Å². The first-order chi connectivity index (χ1) is 28.3. The molecular weight excluding hydrogens is 699 g/mol. The van der Waals surface area contributed by atoms with Crippen molar-refractivity contribution in [2.45, 2.75) is 51.4 Å². The van der Waals surface area contributed by atoms with E-state index in [0.717, 1.165) is 12.8 Å². The molecule has 0 bridgehead atoms. The van der Waals surface area contributed by atoms with Gasteiger partial charge in [-0.2, -0.15) is 0 Å². The summed E-state index contributed by atoms with van der Waals surface area (Å²) in [5, 5.41) is 2.72. The van der Waals surface area contributed by atoms with Crippen LogP contribution in [0.2, 0.25) is 0 Å². The Balaban J connectivity index is 0.989. The summed E-state index contributed by atoms with van der Waals surface area (Å²) >= 11 is 0. The molecule has 9 aromatic rings. The maximum absolute atomic E-state index is 2.56. The summed E-state index contributed by atoms with van der Waals surface area (Å²) in [5.41, 5.74) is 23.8. The van der Waals surface area contributed by atoms with Crippen molar-refractivity contribution in [1.82, 2.24) is 4.57 Å². The van der Waals surface area contributed by atoms with Crippen LogP contribution in [0, 0.1) is 0 Å². The molecule has 280 valence electrons. The lowest BCUT2D eigenvalue weighted by Crippen LogP contribution is -2.19. The van der Waals surface area contributed by atoms with Gasteiger partial charge in [-0.15, -0.1) is 0 Å². The van der Waals surface area contributed by atoms with E-state index in [4.69, 9.17) is 0 Å². The van der Waals surface area contributed by atoms with E-state index in [9.17, 15) is 0 Å². The highest BCUT2D eigenvalue weighted by Gasteiger charge is 2.41. The van der Waals surface area contributed by atoms with E-state index < -0.39 is 0 Å². The summed E-state index contributed by atoms with van der Waals surface area (Å²) in [6.45, 7) is 9.64. The Kier molecular flexibility index (Phi) is 7.67. The summed E-state index contributed by atoms with van der Waals surface area (Å²) in [5.74, 6) is 0. The minimum atomic E-state index is -0.0817. The van der Waals surface area contributed by atoms with Crippen molar-refractivity contribution < 1.29 is 0 Å². The van der Waals surface area contributed by atoms with Crippen LogP contribution in [-0.2, 0) is 17.9 Å². The van der Waals surface area contributed by atoms with E-state index in [1.807, 2.05) is 0 Å². The van der Waals surface area contributed by atoms with E-state index in [0.29, 0.717) is 0 Å². The summed E-state index contributed by atoms with van der Waals surface area (Å²) in [4.78, 5) is 0. The second-order valence-corrected chi connectivity index (χ2v) is 17.2. The third-order valence-electron chi connectivity index (χ3n) is 14.3. The maximum atomic E-state index is 2.56. The zero-order valence-electron chi connectivity index (χ0n) is 34.0. The van der Waals surface area contributed by atoms with Crippen molar-refractivity contribution in [3.05, 3.63) is 192 Å². The summed E-state index contributed by atoms with van der Waals surface area (Å²) in [6.07, 6.45) is 2.07. The van der Waals surface area contributed by atoms with E-state index in [2.05, 4.69) is 209 Å². The molecule has 1 heterocycles. The molecule has 1 heteroatoms. The van der Waals surface area contributed by atoms with Crippen LogP contribution < -0.4 is 0 Å². The summed E-state index contributed by atoms with van der Waals surface area (Å²) in [6, 6.07) is 63.9. The predicted molar refractivity (Wildman–Crippen MR) is 247 cm³/mol. The van der Waals surface area contributed by atoms with Gasteiger partial charge in [-0.3, -0.25) is 0 Å². The molecule has 0 saturated carbocycles. The van der Waals surface area contributed by atoms with Crippen molar-refractivity contribution in [2.24, 2.45) is 7.05 Å². The molecule has 0 amide bonds. The summed E-state index contributed by atoms with van der Waals surface area (Å²) < 4.78 is 2.44. The Morgan fingerprint density at radius 1 is 0.345 bits per heavy atom. The number of aryl methyl sites for hydroxylation is 1. The van der Waals surface area contributed by atoms with Crippen LogP contribution in [0.5, 0.6) is 0 Å². The Morgan fingerprint density at radius 2 is 0.655 bits per heavy atom. The van der Waals surface area contributed by atoms with Gasteiger partial charge in [-0.1, -0.05) is 161 Å². The lowest BCUT2D eigenvalue weighted by Gasteiger charge is -2.26. The third-order valence-corrected chi connectivity index (χ3v) is 14.3. The van der Waals surface area contributed by atoms with E-state index in [1.54, 1.807) is 0 Å². The molecule has 0 unspecified atom stereocenters. The molecule has 0 N–H and O–H groups in total. The van der Waals surface area contributed by atoms with Gasteiger partial charge < -0.3 is 4.57 Å². The highest BCUT2D eigenvalue weighted by molar-refractivity contribution is 6.12. The van der Waals surface area contributed by atoms with Gasteiger partial charge in [0.15, 0.2) is 0 Å². The smallest absolute Gasteiger partial charge is 0.0495 e. The number of aromatic nitrogens is 1. The van der Waals surface area contributed by atoms with Gasteiger partial charge in [0.2, 0.25) is 0 Å². The number of rotatable bonds is 6. The molecule has 58 heavy (non-hydrogen) atoms. The average molecular weight is 746 g/mol. The van der Waals surface area contributed by atoms with Crippen LogP contribution in [0.15, 0.2) is 170 Å². The lowest BCUT2D eigenvalue weighted by atomic mass is 9.76. The fraction of sp³-hybridized carbons (Fsp3) is 0.158. The highest BCUT2D eigenvalue weighted by atomic mass is 14.9. The van der Waals surface area contributed by atoms with Crippen LogP contribution in [0.3, 0.4) is 0 Å². The molecule has 1 nitrogen and oxygen atoms in total. The van der Waals surface area contributed by atoms with E-state index in [1.165, 1.54) is 111 Å². The minimum Gasteiger partial charge on any atom is -0.344 e. The first-order valence-corrected chi connectivity index (χ1v) is 21.0. The Morgan fingerprint density at radius 3 is 1.02 bits per heavy atom. The van der Waals surface area contributed by atoms with Crippen LogP contribution in [0.4, 0.5) is 0 Å². The molecule has 0 saturated heterocycles. The van der Waals surface area contributed by atoms with Crippen LogP contribution in [-0.4, -0.2) is 4.57 Å². The average Bonchev–Trinajstić information content (AvgIpc) is 3.81. The molecule has 0 fully saturated rings. The molecule has 2 aliphatic carbocycles. The molecule has 2 atom stereocenters. The van der Waals surface area contributed by atoms with Crippen molar-refractivity contribution in [3.63, 3.8) is 0 Å². The Labute approximate surface area is 342 Å². The van der Waals surface area contributed by atoms with Crippen LogP contribution >= 0.6 is 0 Å². The molecule has 11 rings (SSSR count). The van der Waals surface area contributed by atoms with E-state index in [-0.39, 0.29) is 10.8 Å². The zero-order valence-corrected chi connectivity index (χ0v) is 34.0. The lowest BCUT2D eigenvalue weighted by molar-refractivity contribution is 0.565. The minimum absolute atomic E-state index is 0.0817. The monoisotopic (exact) mass is 745 g/mol. The fourth-order valence-corrected chi connectivity index (χ4v) is 10.5. The van der Waals surface area contributed by atoms with Gasteiger partial charge in [-0.05, 0) is 138 Å². The predicted octanol–water partition coefficient (Wildman–Crippen LogP) is 15.4. The quantitative estimate of drug-likeness (QED) is 0.160. The van der Waals surface area contributed by atoms with Gasteiger partial charge in [0.25, 0.3) is 0 Å². The fourth-order valence-electron chi connectivity index (χ4n) is 10.5. The van der Waals surface area contributed by atoms with Crippen molar-refractivity contribution in [1.29, 1.82) is 0 Å². The number of nitrogens with zero attached hydrogens (tertiary/aromatic N) is 1. The van der Waals surface area contributed by atoms with Gasteiger partial charge in [0, 0.05) is 39.7 Å². The highest BCUT2D eigenvalue weighted by Crippen LogP contribution is 2.56. The normalized spacial score (nSPS) is 17.7. The van der Waals surface area contributed by atoms with Crippen molar-refractivity contribution >= 4 is 21.8 Å². The van der Waals surface area contributed by atoms with Gasteiger partial charge in [0.1, 0.15) is 0 Å². The second kappa shape index (κ2) is 12.8. The standard InChI is InChI=1S/C57H47N/c1-6-56(3)50-30-42(40-22-18-38(19-23-40)36-14-10-8-11-15-36)26-28-44(50)46-34-54-48(32-52(46)56)49-33-53-47(35-55(49)58(54)5)45-29-27-43(31-51(45)57(53,4)7-2)41-24-20-39(21-25-41)37-16-12-9-13-17-37/h8-35H,6-7H2,1-5H3/t56-,57+. The summed E-state index contributed by atoms with van der Waals surface area (Å²) in [7, 11) is 2.26. The molecule has 0 aliphatic heterocycles. The van der Waals surface area contributed by atoms with E-state index >= 15 is 0 Å². The van der Waals surface area contributed by atoms with Crippen LogP contribution in [0.1, 0.15) is 62.8 Å². The number of hydrogen-bond donors (Lipinski definition) is 0. The molecule has 0 radical (unpaired) electrons. The second-order valence-electron chi connectivity index (χ2n) is 17.2. The number of benzene rings is 8. The van der Waals surface area contributed by atoms with Gasteiger partial charge in [-0.25, -0.2) is 0 Å². The van der Waals surface area contributed by atoms with Crippen molar-refractivity contribution in [3.8, 4) is 66.8 Å². The molecular formula is C57H47N. The molecule has 2 aliphatic rings. The topological polar surface area (TPSA) is 4.93 Å². The number of fused-ring (bicyclic) bond motifs is 9. The maximum Gasteiger partial charge on any atom is 0.0495 e. The molecule has 0 spiro atoms. The SMILES string of the molecule is CC[C@@]1(C)c2cc(-c3ccc(-c4ccccc4)cc3)ccc2-c2cc3c(cc21)c1cc2c(cc1n3C)-c1ccc(-c3ccc(-c4ccccc4)cc3)cc1[C@@]2(C)CC. The molecule has 8 aromatic carbocycles. The zero-order chi connectivity index (χ0) is 39.3. The van der Waals surface area contributed by atoms with Gasteiger partial charge in [0.05, 0.1) is 0 Å². The largest absolute Gasteiger partial charge is 0.344 e. The third kappa shape index (κ3) is 4.96. The number of hydrogen-bond acceptors (Lipinski definition) is 0. The Hall–Kier alpha value is -6.44. The van der Waals surface area contributed by atoms with Gasteiger partial charge >= 0.3 is 0 Å². The molecule has 1 aromatic heterocycles. The first-order valence-electron chi connectivity index (χ1n) is 21.0. The first kappa shape index (κ1) is 34.8. The van der Waals surface area contributed by atoms with Crippen LogP contribution in [0.25, 0.3) is 88.6 Å². The Bertz CT molecular complexity index is 2870.